The second-order valence-electron chi connectivity index (χ2n) is 6.75. The average molecular weight is 353 g/mol. The van der Waals surface area contributed by atoms with Crippen LogP contribution in [-0.4, -0.2) is 21.6 Å². The lowest BCUT2D eigenvalue weighted by molar-refractivity contribution is 0.409. The van der Waals surface area contributed by atoms with E-state index in [1.807, 2.05) is 42.5 Å². The molecule has 0 aliphatic rings. The minimum absolute atomic E-state index is 0.682. The van der Waals surface area contributed by atoms with Gasteiger partial charge in [0, 0.05) is 10.9 Å². The minimum Gasteiger partial charge on any atom is -0.496 e. The van der Waals surface area contributed by atoms with E-state index in [-0.39, 0.29) is 0 Å². The molecular weight excluding hydrogens is 334 g/mol. The number of aryl methyl sites for hydroxylation is 1. The van der Waals surface area contributed by atoms with Crippen molar-refractivity contribution in [1.29, 1.82) is 0 Å². The van der Waals surface area contributed by atoms with Crippen molar-refractivity contribution in [2.24, 2.45) is 0 Å². The summed E-state index contributed by atoms with van der Waals surface area (Å²) in [5.74, 6) is 0.884. The topological polar surface area (TPSA) is 39.9 Å². The zero-order chi connectivity index (χ0) is 18.4. The van der Waals surface area contributed by atoms with Gasteiger partial charge in [0.25, 0.3) is 0 Å². The Balaban J connectivity index is 1.87. The highest BCUT2D eigenvalue weighted by atomic mass is 16.5. The quantitative estimate of drug-likeness (QED) is 0.453. The molecule has 0 amide bonds. The van der Waals surface area contributed by atoms with Crippen LogP contribution in [0.25, 0.3) is 33.1 Å². The van der Waals surface area contributed by atoms with Gasteiger partial charge in [-0.3, -0.25) is 0 Å². The third-order valence-corrected chi connectivity index (χ3v) is 5.09. The minimum atomic E-state index is 0.682. The van der Waals surface area contributed by atoms with Gasteiger partial charge < -0.3 is 9.30 Å². The van der Waals surface area contributed by atoms with Crippen LogP contribution in [0.3, 0.4) is 0 Å². The number of fused-ring (bicyclic) bond motifs is 4. The summed E-state index contributed by atoms with van der Waals surface area (Å²) in [7, 11) is 1.71. The highest BCUT2D eigenvalue weighted by Gasteiger charge is 2.17. The van der Waals surface area contributed by atoms with Crippen molar-refractivity contribution in [3.8, 4) is 5.75 Å². The molecule has 0 atom stereocenters. The summed E-state index contributed by atoms with van der Waals surface area (Å²) in [4.78, 5) is 9.90. The number of ether oxygens (including phenoxy) is 1. The molecule has 0 aliphatic carbocycles. The lowest BCUT2D eigenvalue weighted by atomic mass is 10.1. The number of aromatic nitrogens is 3. The second-order valence-corrected chi connectivity index (χ2v) is 6.75. The van der Waals surface area contributed by atoms with Crippen LogP contribution in [0.4, 0.5) is 0 Å². The van der Waals surface area contributed by atoms with Crippen molar-refractivity contribution >= 4 is 33.1 Å². The maximum Gasteiger partial charge on any atom is 0.160 e. The van der Waals surface area contributed by atoms with E-state index in [0.29, 0.717) is 6.54 Å². The van der Waals surface area contributed by atoms with E-state index in [1.165, 1.54) is 11.1 Å². The summed E-state index contributed by atoms with van der Waals surface area (Å²) >= 11 is 0. The number of rotatable bonds is 3. The third-order valence-electron chi connectivity index (χ3n) is 5.09. The Morgan fingerprint density at radius 2 is 1.59 bits per heavy atom. The Morgan fingerprint density at radius 3 is 2.41 bits per heavy atom. The number of benzene rings is 3. The summed E-state index contributed by atoms with van der Waals surface area (Å²) in [6.45, 7) is 2.82. The van der Waals surface area contributed by atoms with Crippen LogP contribution >= 0.6 is 0 Å². The molecule has 3 aromatic carbocycles. The normalized spacial score (nSPS) is 11.5. The van der Waals surface area contributed by atoms with Crippen molar-refractivity contribution in [2.75, 3.05) is 7.11 Å². The molecule has 0 spiro atoms. The van der Waals surface area contributed by atoms with Crippen molar-refractivity contribution in [2.45, 2.75) is 13.5 Å². The van der Waals surface area contributed by atoms with Crippen molar-refractivity contribution < 1.29 is 4.74 Å². The van der Waals surface area contributed by atoms with E-state index in [4.69, 9.17) is 14.7 Å². The van der Waals surface area contributed by atoms with E-state index < -0.39 is 0 Å². The van der Waals surface area contributed by atoms with Crippen LogP contribution in [0.2, 0.25) is 0 Å². The standard InChI is InChI=1S/C23H19N3O/c1-15-8-7-10-17-21-23(25-19-12-5-4-11-18(19)24-21)26(22(15)17)14-16-9-3-6-13-20(16)27-2/h3-13H,14H2,1-2H3. The number of para-hydroxylation sites is 4. The molecule has 5 rings (SSSR count). The van der Waals surface area contributed by atoms with Crippen molar-refractivity contribution in [1.82, 2.24) is 14.5 Å². The van der Waals surface area contributed by atoms with Gasteiger partial charge in [0.15, 0.2) is 5.65 Å². The monoisotopic (exact) mass is 353 g/mol. The molecule has 0 bridgehead atoms. The van der Waals surface area contributed by atoms with E-state index in [2.05, 4.69) is 35.8 Å². The molecule has 0 fully saturated rings. The molecule has 0 unspecified atom stereocenters. The molecule has 0 N–H and O–H groups in total. The van der Waals surface area contributed by atoms with Gasteiger partial charge in [0.05, 0.1) is 30.2 Å². The first-order chi connectivity index (χ1) is 13.3. The number of methoxy groups -OCH3 is 1. The van der Waals surface area contributed by atoms with Crippen LogP contribution in [-0.2, 0) is 6.54 Å². The van der Waals surface area contributed by atoms with E-state index >= 15 is 0 Å². The highest BCUT2D eigenvalue weighted by Crippen LogP contribution is 2.32. The van der Waals surface area contributed by atoms with Crippen molar-refractivity contribution in [3.05, 3.63) is 77.9 Å². The Labute approximate surface area is 157 Å². The fraction of sp³-hybridized carbons (Fsp3) is 0.130. The molecule has 0 aliphatic heterocycles. The van der Waals surface area contributed by atoms with Crippen LogP contribution in [0.5, 0.6) is 5.75 Å². The molecule has 4 nitrogen and oxygen atoms in total. The Hall–Kier alpha value is -3.40. The lowest BCUT2D eigenvalue weighted by Crippen LogP contribution is -2.03. The fourth-order valence-corrected chi connectivity index (χ4v) is 3.83. The summed E-state index contributed by atoms with van der Waals surface area (Å²) in [6, 6.07) is 22.5. The van der Waals surface area contributed by atoms with Crippen LogP contribution in [0, 0.1) is 6.92 Å². The first-order valence-electron chi connectivity index (χ1n) is 9.02. The first-order valence-corrected chi connectivity index (χ1v) is 9.02. The fourth-order valence-electron chi connectivity index (χ4n) is 3.83. The van der Waals surface area contributed by atoms with E-state index in [0.717, 1.165) is 38.9 Å². The summed E-state index contributed by atoms with van der Waals surface area (Å²) in [6.07, 6.45) is 0. The number of hydrogen-bond acceptors (Lipinski definition) is 3. The molecule has 2 aromatic heterocycles. The molecular formula is C23H19N3O. The zero-order valence-corrected chi connectivity index (χ0v) is 15.3. The van der Waals surface area contributed by atoms with Gasteiger partial charge in [-0.25, -0.2) is 9.97 Å². The maximum atomic E-state index is 5.57. The lowest BCUT2D eigenvalue weighted by Gasteiger charge is -2.12. The number of hydrogen-bond donors (Lipinski definition) is 0. The largest absolute Gasteiger partial charge is 0.496 e. The second kappa shape index (κ2) is 6.09. The predicted octanol–water partition coefficient (Wildman–Crippen LogP) is 5.10. The molecule has 5 aromatic rings. The average Bonchev–Trinajstić information content (AvgIpc) is 3.01. The summed E-state index contributed by atoms with van der Waals surface area (Å²) < 4.78 is 7.83. The summed E-state index contributed by atoms with van der Waals surface area (Å²) in [5.41, 5.74) is 7.19. The number of nitrogens with zero attached hydrogens (tertiary/aromatic N) is 3. The van der Waals surface area contributed by atoms with Gasteiger partial charge in [-0.15, -0.1) is 0 Å². The van der Waals surface area contributed by atoms with Gasteiger partial charge >= 0.3 is 0 Å². The molecule has 132 valence electrons. The Kier molecular flexibility index (Phi) is 3.57. The van der Waals surface area contributed by atoms with Gasteiger partial charge in [-0.05, 0) is 30.7 Å². The van der Waals surface area contributed by atoms with Crippen LogP contribution < -0.4 is 4.74 Å². The molecule has 0 radical (unpaired) electrons. The van der Waals surface area contributed by atoms with Gasteiger partial charge in [0.2, 0.25) is 0 Å². The SMILES string of the molecule is COc1ccccc1Cn1c2nc3ccccc3nc2c2cccc(C)c21. The van der Waals surface area contributed by atoms with Gasteiger partial charge in [-0.2, -0.15) is 0 Å². The van der Waals surface area contributed by atoms with Crippen LogP contribution in [0.1, 0.15) is 11.1 Å². The van der Waals surface area contributed by atoms with Gasteiger partial charge in [0.1, 0.15) is 11.3 Å². The Morgan fingerprint density at radius 1 is 0.852 bits per heavy atom. The van der Waals surface area contributed by atoms with Gasteiger partial charge in [-0.1, -0.05) is 48.5 Å². The van der Waals surface area contributed by atoms with Crippen LogP contribution in [0.15, 0.2) is 66.7 Å². The predicted molar refractivity (Wildman–Crippen MR) is 109 cm³/mol. The molecule has 2 heterocycles. The molecule has 0 saturated carbocycles. The maximum absolute atomic E-state index is 5.57. The molecule has 0 saturated heterocycles. The summed E-state index contributed by atoms with van der Waals surface area (Å²) in [5, 5.41) is 1.14. The van der Waals surface area contributed by atoms with E-state index in [9.17, 15) is 0 Å². The van der Waals surface area contributed by atoms with Crippen molar-refractivity contribution in [3.63, 3.8) is 0 Å². The first kappa shape index (κ1) is 15.8. The molecule has 4 heteroatoms. The zero-order valence-electron chi connectivity index (χ0n) is 15.3. The smallest absolute Gasteiger partial charge is 0.160 e. The Bertz CT molecular complexity index is 1300. The molecule has 27 heavy (non-hydrogen) atoms. The third kappa shape index (κ3) is 2.45. The van der Waals surface area contributed by atoms with E-state index in [1.54, 1.807) is 7.11 Å². The highest BCUT2D eigenvalue weighted by molar-refractivity contribution is 6.07.